The zero-order valence-corrected chi connectivity index (χ0v) is 9.43. The zero-order chi connectivity index (χ0) is 11.8. The van der Waals surface area contributed by atoms with Crippen LogP contribution in [0, 0.1) is 0 Å². The van der Waals surface area contributed by atoms with Gasteiger partial charge in [-0.2, -0.15) is 0 Å². The van der Waals surface area contributed by atoms with Crippen LogP contribution in [0.25, 0.3) is 0 Å². The molecule has 0 saturated carbocycles. The van der Waals surface area contributed by atoms with Crippen LogP contribution in [0.3, 0.4) is 0 Å². The fourth-order valence-electron chi connectivity index (χ4n) is 1.28. The second kappa shape index (κ2) is 7.41. The molecule has 1 aromatic rings. The largest absolute Gasteiger partial charge is 0.488 e. The molecule has 0 aliphatic carbocycles. The van der Waals surface area contributed by atoms with Crippen molar-refractivity contribution in [2.24, 2.45) is 0 Å². The molecule has 0 radical (unpaired) electrons. The normalized spacial score (nSPS) is 10.4. The van der Waals surface area contributed by atoms with Gasteiger partial charge in [-0.15, -0.1) is 0 Å². The standard InChI is InChI=1S/C11H17BO4/c1-15-7-2-8-16-9-10-3-5-11(6-4-10)12(13)14/h3-6,13-14H,2,7-9H2,1H3. The Morgan fingerprint density at radius 1 is 1.12 bits per heavy atom. The van der Waals surface area contributed by atoms with Crippen molar-refractivity contribution in [3.63, 3.8) is 0 Å². The molecule has 0 aromatic heterocycles. The van der Waals surface area contributed by atoms with Gasteiger partial charge in [0.15, 0.2) is 0 Å². The van der Waals surface area contributed by atoms with Crippen LogP contribution in [0.15, 0.2) is 24.3 Å². The first kappa shape index (κ1) is 13.2. The molecule has 1 rings (SSSR count). The third kappa shape index (κ3) is 4.76. The number of hydrogen-bond acceptors (Lipinski definition) is 4. The SMILES string of the molecule is COCCCOCc1ccc(B(O)O)cc1. The average Bonchev–Trinajstić information content (AvgIpc) is 2.29. The predicted molar refractivity (Wildman–Crippen MR) is 62.4 cm³/mol. The highest BCUT2D eigenvalue weighted by atomic mass is 16.5. The summed E-state index contributed by atoms with van der Waals surface area (Å²) in [6.45, 7) is 1.90. The zero-order valence-electron chi connectivity index (χ0n) is 9.43. The molecule has 0 fully saturated rings. The summed E-state index contributed by atoms with van der Waals surface area (Å²) in [5.41, 5.74) is 1.50. The van der Waals surface area contributed by atoms with Crippen molar-refractivity contribution >= 4 is 12.6 Å². The van der Waals surface area contributed by atoms with Gasteiger partial charge in [0.25, 0.3) is 0 Å². The summed E-state index contributed by atoms with van der Waals surface area (Å²) in [6, 6.07) is 7.01. The van der Waals surface area contributed by atoms with Crippen molar-refractivity contribution in [2.45, 2.75) is 13.0 Å². The molecule has 0 atom stereocenters. The second-order valence-electron chi connectivity index (χ2n) is 3.51. The molecule has 0 saturated heterocycles. The minimum absolute atomic E-state index is 0.489. The molecule has 0 bridgehead atoms. The lowest BCUT2D eigenvalue weighted by Gasteiger charge is -2.05. The molecule has 16 heavy (non-hydrogen) atoms. The maximum absolute atomic E-state index is 8.90. The van der Waals surface area contributed by atoms with E-state index < -0.39 is 7.12 Å². The Morgan fingerprint density at radius 2 is 1.81 bits per heavy atom. The molecule has 88 valence electrons. The van der Waals surface area contributed by atoms with Crippen molar-refractivity contribution in [3.8, 4) is 0 Å². The molecular formula is C11H17BO4. The van der Waals surface area contributed by atoms with Gasteiger partial charge in [-0.05, 0) is 17.4 Å². The van der Waals surface area contributed by atoms with Gasteiger partial charge >= 0.3 is 7.12 Å². The van der Waals surface area contributed by atoms with Crippen LogP contribution >= 0.6 is 0 Å². The molecule has 4 nitrogen and oxygen atoms in total. The van der Waals surface area contributed by atoms with Crippen LogP contribution < -0.4 is 5.46 Å². The van der Waals surface area contributed by atoms with Crippen molar-refractivity contribution < 1.29 is 19.5 Å². The summed E-state index contributed by atoms with van der Waals surface area (Å²) in [5.74, 6) is 0. The molecular weight excluding hydrogens is 207 g/mol. The van der Waals surface area contributed by atoms with Gasteiger partial charge in [0.2, 0.25) is 0 Å². The summed E-state index contributed by atoms with van der Waals surface area (Å²) in [4.78, 5) is 0. The minimum Gasteiger partial charge on any atom is -0.423 e. The highest BCUT2D eigenvalue weighted by Crippen LogP contribution is 2.00. The fourth-order valence-corrected chi connectivity index (χ4v) is 1.28. The fraction of sp³-hybridized carbons (Fsp3) is 0.455. The Kier molecular flexibility index (Phi) is 6.11. The molecule has 0 aliphatic heterocycles. The number of methoxy groups -OCH3 is 1. The summed E-state index contributed by atoms with van der Waals surface area (Å²) < 4.78 is 10.3. The van der Waals surface area contributed by atoms with Crippen LogP contribution in [0.1, 0.15) is 12.0 Å². The Balaban J connectivity index is 2.27. The van der Waals surface area contributed by atoms with Crippen molar-refractivity contribution in [3.05, 3.63) is 29.8 Å². The van der Waals surface area contributed by atoms with E-state index in [4.69, 9.17) is 19.5 Å². The van der Waals surface area contributed by atoms with Gasteiger partial charge in [-0.25, -0.2) is 0 Å². The van der Waals surface area contributed by atoms with E-state index in [1.807, 2.05) is 12.1 Å². The van der Waals surface area contributed by atoms with Crippen molar-refractivity contribution in [1.29, 1.82) is 0 Å². The Bertz CT molecular complexity index is 287. The van der Waals surface area contributed by atoms with E-state index in [0.29, 0.717) is 25.3 Å². The number of hydrogen-bond donors (Lipinski definition) is 2. The second-order valence-corrected chi connectivity index (χ2v) is 3.51. The molecule has 0 heterocycles. The lowest BCUT2D eigenvalue weighted by atomic mass is 9.80. The average molecular weight is 224 g/mol. The van der Waals surface area contributed by atoms with E-state index in [1.54, 1.807) is 19.2 Å². The van der Waals surface area contributed by atoms with Gasteiger partial charge in [0.1, 0.15) is 0 Å². The summed E-state index contributed by atoms with van der Waals surface area (Å²) in [5, 5.41) is 17.8. The van der Waals surface area contributed by atoms with E-state index in [-0.39, 0.29) is 0 Å². The molecule has 1 aromatic carbocycles. The summed E-state index contributed by atoms with van der Waals surface area (Å²) in [6.07, 6.45) is 0.879. The summed E-state index contributed by atoms with van der Waals surface area (Å²) in [7, 11) is 0.260. The quantitative estimate of drug-likeness (QED) is 0.502. The van der Waals surface area contributed by atoms with E-state index in [1.165, 1.54) is 0 Å². The van der Waals surface area contributed by atoms with Crippen LogP contribution in [-0.4, -0.2) is 37.5 Å². The third-order valence-electron chi connectivity index (χ3n) is 2.18. The lowest BCUT2D eigenvalue weighted by Crippen LogP contribution is -2.29. The first-order valence-corrected chi connectivity index (χ1v) is 5.25. The molecule has 0 amide bonds. The lowest BCUT2D eigenvalue weighted by molar-refractivity contribution is 0.0929. The Labute approximate surface area is 96.0 Å². The Hall–Kier alpha value is -0.875. The van der Waals surface area contributed by atoms with Gasteiger partial charge in [-0.1, -0.05) is 24.3 Å². The summed E-state index contributed by atoms with van der Waals surface area (Å²) >= 11 is 0. The van der Waals surface area contributed by atoms with E-state index in [2.05, 4.69) is 0 Å². The van der Waals surface area contributed by atoms with Crippen LogP contribution in [-0.2, 0) is 16.1 Å². The number of rotatable bonds is 7. The van der Waals surface area contributed by atoms with Crippen LogP contribution in [0.4, 0.5) is 0 Å². The smallest absolute Gasteiger partial charge is 0.423 e. The highest BCUT2D eigenvalue weighted by molar-refractivity contribution is 6.58. The molecule has 0 aliphatic rings. The van der Waals surface area contributed by atoms with Crippen molar-refractivity contribution in [1.82, 2.24) is 0 Å². The molecule has 2 N–H and O–H groups in total. The monoisotopic (exact) mass is 224 g/mol. The highest BCUT2D eigenvalue weighted by Gasteiger charge is 2.09. The van der Waals surface area contributed by atoms with E-state index >= 15 is 0 Å². The predicted octanol–water partition coefficient (Wildman–Crippen LogP) is -0.0805. The maximum Gasteiger partial charge on any atom is 0.488 e. The topological polar surface area (TPSA) is 58.9 Å². The number of benzene rings is 1. The molecule has 0 spiro atoms. The minimum atomic E-state index is -1.41. The van der Waals surface area contributed by atoms with Gasteiger partial charge in [0.05, 0.1) is 6.61 Å². The molecule has 0 unspecified atom stereocenters. The van der Waals surface area contributed by atoms with E-state index in [0.717, 1.165) is 12.0 Å². The van der Waals surface area contributed by atoms with Crippen molar-refractivity contribution in [2.75, 3.05) is 20.3 Å². The first-order valence-electron chi connectivity index (χ1n) is 5.25. The van der Waals surface area contributed by atoms with Gasteiger partial charge in [0, 0.05) is 20.3 Å². The number of ether oxygens (including phenoxy) is 2. The van der Waals surface area contributed by atoms with E-state index in [9.17, 15) is 0 Å². The first-order chi connectivity index (χ1) is 7.74. The van der Waals surface area contributed by atoms with Gasteiger partial charge in [-0.3, -0.25) is 0 Å². The Morgan fingerprint density at radius 3 is 2.38 bits per heavy atom. The van der Waals surface area contributed by atoms with Crippen LogP contribution in [0.2, 0.25) is 0 Å². The molecule has 5 heteroatoms. The van der Waals surface area contributed by atoms with Gasteiger partial charge < -0.3 is 19.5 Å². The maximum atomic E-state index is 8.90. The third-order valence-corrected chi connectivity index (χ3v) is 2.18. The van der Waals surface area contributed by atoms with Crippen LogP contribution in [0.5, 0.6) is 0 Å².